The van der Waals surface area contributed by atoms with Crippen molar-refractivity contribution in [3.05, 3.63) is 4.07 Å². The summed E-state index contributed by atoms with van der Waals surface area (Å²) >= 11 is 3.32. The van der Waals surface area contributed by atoms with E-state index >= 15 is 0 Å². The summed E-state index contributed by atoms with van der Waals surface area (Å²) in [5.74, 6) is 0. The van der Waals surface area contributed by atoms with Crippen molar-refractivity contribution < 1.29 is 18.9 Å². The molecule has 0 spiro atoms. The molecule has 0 aromatic heterocycles. The Kier molecular flexibility index (Phi) is 3.45. The molecule has 0 N–H and O–H groups in total. The van der Waals surface area contributed by atoms with Crippen molar-refractivity contribution in [2.75, 3.05) is 0 Å². The molecule has 1 rings (SSSR count). The molecule has 4 heteroatoms. The van der Waals surface area contributed by atoms with Crippen LogP contribution in [0.1, 0.15) is 0 Å². The minimum Gasteiger partial charge on any atom is -0.322 e. The first-order chi connectivity index (χ1) is 1.89. The largest absolute Gasteiger partial charge is 1.00 e. The van der Waals surface area contributed by atoms with Crippen LogP contribution >= 0.6 is 15.9 Å². The van der Waals surface area contributed by atoms with Crippen LogP contribution in [0.4, 0.5) is 0 Å². The molecule has 0 aliphatic carbocycles. The van der Waals surface area contributed by atoms with Crippen LogP contribution in [0.5, 0.6) is 0 Å². The van der Waals surface area contributed by atoms with E-state index in [9.17, 15) is 0 Å². The second-order valence-corrected chi connectivity index (χ2v) is 6.32. The van der Waals surface area contributed by atoms with Gasteiger partial charge in [0.15, 0.2) is 0 Å². The van der Waals surface area contributed by atoms with E-state index in [1.54, 1.807) is 0 Å². The van der Waals surface area contributed by atoms with Gasteiger partial charge in [-0.25, -0.2) is 18.1 Å². The first-order valence-corrected chi connectivity index (χ1v) is 4.73. The van der Waals surface area contributed by atoms with Crippen molar-refractivity contribution in [2.45, 2.75) is 0 Å². The van der Waals surface area contributed by atoms with E-state index in [0.29, 0.717) is 0 Å². The minimum absolute atomic E-state index is 0. The maximum Gasteiger partial charge on any atom is 1.00 e. The van der Waals surface area contributed by atoms with Gasteiger partial charge in [0.1, 0.15) is 0 Å². The first-order valence-electron chi connectivity index (χ1n) is 0.939. The monoisotopic (exact) mass is 154 g/mol. The van der Waals surface area contributed by atoms with Gasteiger partial charge < -0.3 is 15.9 Å². The van der Waals surface area contributed by atoms with Crippen LogP contribution in [0, 0.1) is 4.07 Å². The fourth-order valence-corrected chi connectivity index (χ4v) is 1.10. The minimum atomic E-state index is 0. The molecule has 1 aliphatic heterocycles. The summed E-state index contributed by atoms with van der Waals surface area (Å²) in [6, 6.07) is 0. The number of rotatable bonds is 0. The summed E-state index contributed by atoms with van der Waals surface area (Å²) in [4.78, 5) is 0. The van der Waals surface area contributed by atoms with Crippen LogP contribution in [-0.2, 0) is 0 Å². The third-order valence-electron chi connectivity index (χ3n) is 0.219. The fraction of sp³-hybridized carbons (Fsp3) is 0. The SMILES string of the molecule is Br[C-]1[Si][Si]1.[Li+]. The standard InChI is InChI=1S/CBrSi2.Li/c2-1-3-4-1;/q-1;+1. The van der Waals surface area contributed by atoms with Gasteiger partial charge >= 0.3 is 18.9 Å². The van der Waals surface area contributed by atoms with E-state index in [1.165, 1.54) is 22.1 Å². The summed E-state index contributed by atoms with van der Waals surface area (Å²) in [5.41, 5.74) is 0. The molecule has 4 radical (unpaired) electrons. The number of halogens is 1. The van der Waals surface area contributed by atoms with E-state index < -0.39 is 0 Å². The van der Waals surface area contributed by atoms with E-state index in [1.807, 2.05) is 0 Å². The van der Waals surface area contributed by atoms with Gasteiger partial charge in [-0.3, -0.25) is 4.07 Å². The predicted molar refractivity (Wildman–Crippen MR) is 23.7 cm³/mol. The molecule has 0 nitrogen and oxygen atoms in total. The third-order valence-corrected chi connectivity index (χ3v) is 5.54. The molecule has 0 unspecified atom stereocenters. The van der Waals surface area contributed by atoms with E-state index in [4.69, 9.17) is 0 Å². The van der Waals surface area contributed by atoms with E-state index in [2.05, 4.69) is 15.9 Å². The van der Waals surface area contributed by atoms with Crippen LogP contribution in [0.2, 0.25) is 0 Å². The molecule has 1 heterocycles. The number of hydrogen-bond donors (Lipinski definition) is 0. The van der Waals surface area contributed by atoms with Crippen molar-refractivity contribution in [3.8, 4) is 0 Å². The Morgan fingerprint density at radius 2 is 1.60 bits per heavy atom. The molecule has 0 atom stereocenters. The molecule has 0 amide bonds. The van der Waals surface area contributed by atoms with Crippen LogP contribution in [0.15, 0.2) is 0 Å². The van der Waals surface area contributed by atoms with Crippen LogP contribution in [0.3, 0.4) is 0 Å². The van der Waals surface area contributed by atoms with Gasteiger partial charge in [-0.15, -0.1) is 0 Å². The summed E-state index contributed by atoms with van der Waals surface area (Å²) in [5, 5.41) is 0. The van der Waals surface area contributed by atoms with Crippen molar-refractivity contribution in [3.63, 3.8) is 0 Å². The quantitative estimate of drug-likeness (QED) is 0.261. The summed E-state index contributed by atoms with van der Waals surface area (Å²) in [7, 11) is 2.34. The first kappa shape index (κ1) is 6.51. The Morgan fingerprint density at radius 3 is 1.60 bits per heavy atom. The fourth-order valence-electron chi connectivity index (χ4n) is 0.0236. The van der Waals surface area contributed by atoms with E-state index in [0.717, 1.165) is 0 Å². The van der Waals surface area contributed by atoms with Gasteiger partial charge in [-0.2, -0.15) is 0 Å². The Labute approximate surface area is 56.8 Å². The van der Waals surface area contributed by atoms with Gasteiger partial charge in [-0.05, 0) is 0 Å². The van der Waals surface area contributed by atoms with Crippen molar-refractivity contribution in [1.29, 1.82) is 0 Å². The molecular weight excluding hydrogens is 155 g/mol. The van der Waals surface area contributed by atoms with E-state index in [-0.39, 0.29) is 18.9 Å². The second kappa shape index (κ2) is 2.65. The van der Waals surface area contributed by atoms with Gasteiger partial charge in [0.25, 0.3) is 0 Å². The average molecular weight is 155 g/mol. The Balaban J connectivity index is 0.000000160. The van der Waals surface area contributed by atoms with Crippen LogP contribution in [0.25, 0.3) is 0 Å². The van der Waals surface area contributed by atoms with Crippen molar-refractivity contribution in [1.82, 2.24) is 0 Å². The summed E-state index contributed by atoms with van der Waals surface area (Å²) in [6.45, 7) is 0. The maximum atomic E-state index is 3.32. The molecular formula is CBrLiSi2. The molecule has 20 valence electrons. The molecule has 1 saturated heterocycles. The summed E-state index contributed by atoms with van der Waals surface area (Å²) < 4.78 is 1.53. The Bertz CT molecular complexity index is 28.8. The number of hydrogen-bond acceptors (Lipinski definition) is 0. The zero-order chi connectivity index (χ0) is 2.99. The zero-order valence-corrected chi connectivity index (χ0v) is 6.46. The van der Waals surface area contributed by atoms with Gasteiger partial charge in [-0.1, -0.05) is 0 Å². The Hall–Kier alpha value is 1.51. The third kappa shape index (κ3) is 3.34. The van der Waals surface area contributed by atoms with Crippen molar-refractivity contribution in [2.24, 2.45) is 0 Å². The topological polar surface area (TPSA) is 0 Å². The normalized spacial score (nSPS) is 21.0. The Morgan fingerprint density at radius 1 is 1.40 bits per heavy atom. The van der Waals surface area contributed by atoms with Crippen LogP contribution in [-0.4, -0.2) is 18.1 Å². The molecule has 0 bridgehead atoms. The second-order valence-electron chi connectivity index (χ2n) is 0.564. The van der Waals surface area contributed by atoms with Gasteiger partial charge in [0.2, 0.25) is 0 Å². The molecule has 5 heavy (non-hydrogen) atoms. The zero-order valence-electron chi connectivity index (χ0n) is 2.88. The van der Waals surface area contributed by atoms with Gasteiger partial charge in [0.05, 0.1) is 0 Å². The van der Waals surface area contributed by atoms with Crippen molar-refractivity contribution >= 4 is 34.0 Å². The summed E-state index contributed by atoms with van der Waals surface area (Å²) in [6.07, 6.45) is 0. The molecule has 0 aromatic carbocycles. The molecule has 1 aliphatic rings. The molecule has 0 saturated carbocycles. The predicted octanol–water partition coefficient (Wildman–Crippen LogP) is -2.83. The smallest absolute Gasteiger partial charge is 0.322 e. The molecule has 1 fully saturated rings. The molecule has 0 aromatic rings. The van der Waals surface area contributed by atoms with Gasteiger partial charge in [0, 0.05) is 0 Å². The van der Waals surface area contributed by atoms with Crippen LogP contribution < -0.4 is 18.9 Å². The average Bonchev–Trinajstić information content (AvgIpc) is 1.75. The maximum absolute atomic E-state index is 3.32.